The van der Waals surface area contributed by atoms with Crippen molar-refractivity contribution in [1.29, 1.82) is 10.8 Å². The van der Waals surface area contributed by atoms with Gasteiger partial charge in [-0.25, -0.2) is 0 Å². The van der Waals surface area contributed by atoms with E-state index in [4.69, 9.17) is 33.8 Å². The van der Waals surface area contributed by atoms with Crippen molar-refractivity contribution in [3.05, 3.63) is 120 Å². The number of H-pyrrole nitrogens is 2. The summed E-state index contributed by atoms with van der Waals surface area (Å²) in [6.45, 7) is 6.50. The highest BCUT2D eigenvalue weighted by molar-refractivity contribution is 8.00. The Hall–Kier alpha value is -12.9. The minimum absolute atomic E-state index is 0.00202. The fourth-order valence-electron chi connectivity index (χ4n) is 14.0. The van der Waals surface area contributed by atoms with Crippen molar-refractivity contribution >= 4 is 145 Å². The molecule has 0 radical (unpaired) electrons. The van der Waals surface area contributed by atoms with E-state index in [2.05, 4.69) is 89.7 Å². The van der Waals surface area contributed by atoms with Crippen LogP contribution in [0, 0.1) is 22.7 Å². The molecule has 41 heteroatoms. The van der Waals surface area contributed by atoms with E-state index in [1.807, 2.05) is 18.2 Å². The summed E-state index contributed by atoms with van der Waals surface area (Å²) in [5.74, 6) is -18.5. The van der Waals surface area contributed by atoms with Crippen LogP contribution in [0.25, 0.3) is 32.6 Å². The Labute approximate surface area is 726 Å². The minimum Gasteiger partial charge on any atom is -0.481 e. The van der Waals surface area contributed by atoms with Gasteiger partial charge in [0.1, 0.15) is 72.5 Å². The maximum absolute atomic E-state index is 15.2. The number of amides is 14. The zero-order valence-electron chi connectivity index (χ0n) is 70.7. The average Bonchev–Trinajstić information content (AvgIpc) is 1.75. The van der Waals surface area contributed by atoms with E-state index < -0.39 is 210 Å². The Morgan fingerprint density at radius 3 is 1.42 bits per heavy atom. The number of aliphatic hydroxyl groups is 1. The third-order valence-corrected chi connectivity index (χ3v) is 22.2. The lowest BCUT2D eigenvalue weighted by molar-refractivity contribution is -0.141. The summed E-state index contributed by atoms with van der Waals surface area (Å²) in [6.07, 6.45) is 2.37. The number of nitrogens with one attached hydrogen (secondary N) is 19. The molecule has 29 N–H and O–H groups in total. The van der Waals surface area contributed by atoms with E-state index >= 15 is 19.2 Å². The number of unbranched alkanes of at least 4 members (excludes halogenated alkanes) is 2. The Morgan fingerprint density at radius 2 is 0.920 bits per heavy atom. The van der Waals surface area contributed by atoms with Gasteiger partial charge in [-0.15, -0.1) is 11.8 Å². The van der Waals surface area contributed by atoms with E-state index in [9.17, 15) is 63.0 Å². The first kappa shape index (κ1) is 99.2. The Bertz CT molecular complexity index is 4790. The zero-order valence-corrected chi connectivity index (χ0v) is 71.5. The van der Waals surface area contributed by atoms with Crippen LogP contribution in [0.1, 0.15) is 128 Å². The Balaban J connectivity index is 1.28. The van der Waals surface area contributed by atoms with Gasteiger partial charge in [0.15, 0.2) is 11.9 Å². The van der Waals surface area contributed by atoms with E-state index in [1.165, 1.54) is 0 Å². The lowest BCUT2D eigenvalue weighted by Crippen LogP contribution is -2.61. The highest BCUT2D eigenvalue weighted by Gasteiger charge is 2.39. The number of aromatic nitrogens is 2. The van der Waals surface area contributed by atoms with Crippen LogP contribution >= 0.6 is 11.8 Å². The minimum atomic E-state index is -1.98. The van der Waals surface area contributed by atoms with Crippen LogP contribution in [0.4, 0.5) is 0 Å². The van der Waals surface area contributed by atoms with Gasteiger partial charge in [-0.3, -0.25) is 82.7 Å². The van der Waals surface area contributed by atoms with Gasteiger partial charge in [-0.05, 0) is 109 Å². The largest absolute Gasteiger partial charge is 0.481 e. The monoisotopic (exact) mass is 1750 g/mol. The number of aromatic amines is 2. The van der Waals surface area contributed by atoms with Crippen molar-refractivity contribution in [2.45, 2.75) is 203 Å². The van der Waals surface area contributed by atoms with Gasteiger partial charge in [-0.2, -0.15) is 0 Å². The summed E-state index contributed by atoms with van der Waals surface area (Å²) in [7, 11) is 0. The molecule has 7 rings (SSSR count). The number of para-hydroxylation sites is 2. The normalized spacial score (nSPS) is 22.7. The molecule has 13 atom stereocenters. The van der Waals surface area contributed by atoms with Gasteiger partial charge in [0.25, 0.3) is 0 Å². The van der Waals surface area contributed by atoms with Gasteiger partial charge in [0.05, 0.1) is 25.3 Å². The number of aliphatic hydroxyl groups excluding tert-OH is 1. The molecule has 6 aromatic rings. The highest BCUT2D eigenvalue weighted by atomic mass is 32.2. The number of nitrogens with two attached hydrogens (primary N) is 4. The summed E-state index contributed by atoms with van der Waals surface area (Å²) in [6, 6.07) is 7.64. The third kappa shape index (κ3) is 31.4. The van der Waals surface area contributed by atoms with Crippen LogP contribution in [-0.4, -0.2) is 238 Å². The van der Waals surface area contributed by atoms with Crippen LogP contribution < -0.4 is 103 Å². The number of fused-ring (bicyclic) bond motifs is 3. The number of hydrogen-bond donors (Lipinski definition) is 25. The molecule has 1 saturated heterocycles. The van der Waals surface area contributed by atoms with Crippen molar-refractivity contribution < 1.29 is 82.1 Å². The topological polar surface area (TPSA) is 660 Å². The van der Waals surface area contributed by atoms with Gasteiger partial charge in [-0.1, -0.05) is 133 Å². The van der Waals surface area contributed by atoms with Crippen LogP contribution in [0.3, 0.4) is 0 Å². The van der Waals surface area contributed by atoms with Gasteiger partial charge >= 0.3 is 5.97 Å². The van der Waals surface area contributed by atoms with Crippen LogP contribution in [0.5, 0.6) is 0 Å². The van der Waals surface area contributed by atoms with Crippen molar-refractivity contribution in [2.24, 2.45) is 34.8 Å². The number of rotatable bonds is 28. The second-order valence-electron chi connectivity index (χ2n) is 31.2. The first-order valence-corrected chi connectivity index (χ1v) is 42.9. The Kier molecular flexibility index (Phi) is 39.7. The predicted molar refractivity (Wildman–Crippen MR) is 469 cm³/mol. The number of benzene rings is 4. The smallest absolute Gasteiger partial charge is 0.305 e. The highest BCUT2D eigenvalue weighted by Crippen LogP contribution is 2.24. The van der Waals surface area contributed by atoms with Gasteiger partial charge in [0.2, 0.25) is 82.7 Å². The SMILES string of the molecule is CCCC[C@@H]1NC(=O)[C@H](Cc2c[nH]c3ccccc23)NC(=O)[C@H](CC(=O)O)NC(=O)[C@H](CCCCN)NC(=O)CNC(=O)[C@H](CO)NC(=O)[C@H]([C@@H](C)CC)NC(=O)[C@H](Cc2ccc3ccccc3c2)NC(=O)[C@H](CCCNC(=N)N)NC(=O)CSC[C@@H](C(N)=O)NC(=O)[C@H](C(C)C)NC(=O)[C@H](Cc2c[nH]c3ccccc23)NC(=O)[C@H](CCCNC(=N)N)NC1=O. The molecule has 0 aliphatic carbocycles. The quantitative estimate of drug-likeness (QED) is 0.0144. The molecule has 4 aromatic carbocycles. The van der Waals surface area contributed by atoms with Crippen LogP contribution in [0.15, 0.2) is 103 Å². The number of thioether (sulfide) groups is 1. The molecule has 0 saturated carbocycles. The fourth-order valence-corrected chi connectivity index (χ4v) is 14.9. The van der Waals surface area contributed by atoms with Gasteiger partial charge < -0.3 is 123 Å². The number of carboxylic acid groups (broad SMARTS) is 1. The first-order valence-electron chi connectivity index (χ1n) is 41.7. The molecule has 2 aromatic heterocycles. The summed E-state index contributed by atoms with van der Waals surface area (Å²) in [4.78, 5) is 223. The predicted octanol–water partition coefficient (Wildman–Crippen LogP) is -1.99. The summed E-state index contributed by atoms with van der Waals surface area (Å²) in [5, 5.41) is 78.5. The number of aliphatic carboxylic acids is 1. The number of carboxylic acids is 1. The lowest BCUT2D eigenvalue weighted by atomic mass is 9.96. The van der Waals surface area contributed by atoms with Crippen molar-refractivity contribution in [3.63, 3.8) is 0 Å². The van der Waals surface area contributed by atoms with Crippen molar-refractivity contribution in [3.8, 4) is 0 Å². The third-order valence-electron chi connectivity index (χ3n) is 21.2. The number of hydrogen-bond acceptors (Lipinski definition) is 20. The zero-order chi connectivity index (χ0) is 91.4. The molecule has 0 unspecified atom stereocenters. The summed E-state index contributed by atoms with van der Waals surface area (Å²) >= 11 is 0.823. The molecular formula is C84H119N23O17S. The maximum atomic E-state index is 15.2. The van der Waals surface area contributed by atoms with Crippen LogP contribution in [0.2, 0.25) is 0 Å². The molecular weight excluding hydrogens is 1640 g/mol. The second kappa shape index (κ2) is 50.0. The molecule has 1 aliphatic rings. The van der Waals surface area contributed by atoms with E-state index in [-0.39, 0.29) is 102 Å². The summed E-state index contributed by atoms with van der Waals surface area (Å²) in [5.41, 5.74) is 25.7. The lowest BCUT2D eigenvalue weighted by Gasteiger charge is -2.29. The van der Waals surface area contributed by atoms with Crippen molar-refractivity contribution in [2.75, 3.05) is 44.3 Å². The standard InChI is InChI=1S/C84H119N23O17S/c1-6-8-23-58-75(117)98-59(28-18-33-92-84(89)90)76(118)101-62(37-51-40-94-55-25-14-12-22-53(51)55)80(122)106-69(45(3)4)81(123)105-65(71(86)113)43-125-44-67(110)97-57(27-17-32-91-83(87)88)74(116)100-60(35-47-29-30-48-19-9-10-20-49(48)34-47)79(121)107-70(46(5)7-2)82(124)104-64(42-108)72(114)95-41-66(109)96-56(26-15-16-31-85)73(115)103-63(38-68(111)112)78(120)102-61(77(119)99-58)36-50-39-93-54-24-13-11-21-52(50)54/h9-14,19-22,24-25,29-30,34,39-40,45-46,56-65,69-70,93-94,108H,6-8,15-18,23,26-28,31-33,35-38,41-44,85H2,1-5H3,(H2,86,113)(H,95,114)(H,96,109)(H,97,110)(H,98,117)(H,99,119)(H,100,116)(H,101,118)(H,102,120)(H,103,115)(H,104,124)(H,105,123)(H,106,122)(H,107,121)(H,111,112)(H4,87,88,91)(H4,89,90,92)/t46-,56-,57-,58-,59-,60-,61-,62-,63-,64-,65-,69-,70-/m0/s1. The molecule has 1 aliphatic heterocycles. The molecule has 14 amide bonds. The molecule has 3 heterocycles. The van der Waals surface area contributed by atoms with Crippen LogP contribution in [-0.2, 0) is 91.2 Å². The number of primary amides is 1. The molecule has 0 spiro atoms. The molecule has 125 heavy (non-hydrogen) atoms. The van der Waals surface area contributed by atoms with E-state index in [0.29, 0.717) is 51.3 Å². The number of guanidine groups is 2. The molecule has 40 nitrogen and oxygen atoms in total. The number of carbonyl (C=O) groups excluding carboxylic acids is 14. The Morgan fingerprint density at radius 1 is 0.480 bits per heavy atom. The van der Waals surface area contributed by atoms with E-state index in [1.54, 1.807) is 120 Å². The second-order valence-corrected chi connectivity index (χ2v) is 32.2. The first-order chi connectivity index (χ1) is 59.7. The van der Waals surface area contributed by atoms with E-state index in [0.717, 1.165) is 22.5 Å². The average molecular weight is 1760 g/mol. The maximum Gasteiger partial charge on any atom is 0.305 e. The number of carbonyl (C=O) groups is 15. The van der Waals surface area contributed by atoms with Gasteiger partial charge in [0, 0.05) is 72.3 Å². The molecule has 1 fully saturated rings. The summed E-state index contributed by atoms with van der Waals surface area (Å²) < 4.78 is 0. The van der Waals surface area contributed by atoms with Crippen molar-refractivity contribution in [1.82, 2.24) is 89.7 Å². The fraction of sp³-hybridized carbons (Fsp3) is 0.488. The molecule has 0 bridgehead atoms. The molecule has 678 valence electrons.